The van der Waals surface area contributed by atoms with Crippen molar-refractivity contribution in [1.29, 1.82) is 0 Å². The molecule has 0 unspecified atom stereocenters. The third-order valence-corrected chi connectivity index (χ3v) is 7.59. The first kappa shape index (κ1) is 23.1. The van der Waals surface area contributed by atoms with Gasteiger partial charge in [-0.3, -0.25) is 10.1 Å². The Morgan fingerprint density at radius 2 is 1.88 bits per heavy atom. The van der Waals surface area contributed by atoms with E-state index in [1.54, 1.807) is 36.4 Å². The number of carbonyl (C=O) groups excluding carboxylic acids is 1. The molecule has 0 bridgehead atoms. The highest BCUT2D eigenvalue weighted by Crippen LogP contribution is 2.36. The van der Waals surface area contributed by atoms with Crippen molar-refractivity contribution < 1.29 is 9.21 Å². The molecule has 5 nitrogen and oxygen atoms in total. The lowest BCUT2D eigenvalue weighted by molar-refractivity contribution is 0.0982. The minimum absolute atomic E-state index is 0.130. The maximum Gasteiger partial charge on any atom is 0.269 e. The number of nitrogens with one attached hydrogen (secondary N) is 2. The number of aryl methyl sites for hydroxylation is 1. The van der Waals surface area contributed by atoms with Crippen molar-refractivity contribution >= 4 is 96.3 Å². The average Bonchev–Trinajstić information content (AvgIpc) is 3.36. The summed E-state index contributed by atoms with van der Waals surface area (Å²) in [6, 6.07) is 16.3. The smallest absolute Gasteiger partial charge is 0.269 e. The average molecular weight is 547 g/mol. The van der Waals surface area contributed by atoms with E-state index >= 15 is 0 Å². The van der Waals surface area contributed by atoms with Crippen LogP contribution in [-0.4, -0.2) is 16.0 Å². The van der Waals surface area contributed by atoms with Crippen LogP contribution >= 0.6 is 58.4 Å². The first-order valence-electron chi connectivity index (χ1n) is 9.95. The van der Waals surface area contributed by atoms with Gasteiger partial charge in [-0.05, 0) is 67.2 Å². The highest BCUT2D eigenvalue weighted by atomic mass is 35.5. The van der Waals surface area contributed by atoms with Crippen molar-refractivity contribution in [3.8, 4) is 11.5 Å². The summed E-state index contributed by atoms with van der Waals surface area (Å²) in [5.74, 6) is 0.0605. The molecular formula is C24H14Cl3N3O2S2. The molecule has 2 N–H and O–H groups in total. The molecule has 2 heterocycles. The lowest BCUT2D eigenvalue weighted by Crippen LogP contribution is -2.33. The number of halogens is 3. The molecule has 0 atom stereocenters. The number of anilines is 1. The minimum Gasteiger partial charge on any atom is -0.436 e. The Labute approximate surface area is 218 Å². The normalized spacial score (nSPS) is 11.2. The van der Waals surface area contributed by atoms with Gasteiger partial charge >= 0.3 is 0 Å². The zero-order valence-corrected chi connectivity index (χ0v) is 21.3. The third kappa shape index (κ3) is 4.50. The summed E-state index contributed by atoms with van der Waals surface area (Å²) in [6.45, 7) is 1.93. The lowest BCUT2D eigenvalue weighted by Gasteiger charge is -2.08. The van der Waals surface area contributed by atoms with E-state index in [1.165, 1.54) is 11.3 Å². The van der Waals surface area contributed by atoms with E-state index in [2.05, 4.69) is 15.6 Å². The number of hydrogen-bond donors (Lipinski definition) is 2. The Kier molecular flexibility index (Phi) is 6.22. The topological polar surface area (TPSA) is 67.2 Å². The minimum atomic E-state index is -0.402. The van der Waals surface area contributed by atoms with Crippen LogP contribution in [0.15, 0.2) is 59.0 Å². The number of rotatable bonds is 3. The number of amides is 1. The van der Waals surface area contributed by atoms with Gasteiger partial charge in [-0.15, -0.1) is 11.3 Å². The van der Waals surface area contributed by atoms with E-state index in [0.717, 1.165) is 21.2 Å². The Morgan fingerprint density at radius 3 is 2.68 bits per heavy atom. The molecule has 2 aromatic heterocycles. The summed E-state index contributed by atoms with van der Waals surface area (Å²) in [7, 11) is 0. The number of carbonyl (C=O) groups is 1. The molecule has 5 rings (SSSR count). The van der Waals surface area contributed by atoms with Crippen LogP contribution in [0.2, 0.25) is 15.1 Å². The molecule has 1 amide bonds. The molecule has 0 fully saturated rings. The molecule has 5 aromatic rings. The summed E-state index contributed by atoms with van der Waals surface area (Å²) < 4.78 is 6.68. The lowest BCUT2D eigenvalue weighted by atomic mass is 10.1. The summed E-state index contributed by atoms with van der Waals surface area (Å²) in [5, 5.41) is 8.15. The van der Waals surface area contributed by atoms with Gasteiger partial charge in [0.15, 0.2) is 10.7 Å². The van der Waals surface area contributed by atoms with E-state index in [1.807, 2.05) is 25.1 Å². The van der Waals surface area contributed by atoms with Crippen molar-refractivity contribution in [2.24, 2.45) is 0 Å². The highest BCUT2D eigenvalue weighted by molar-refractivity contribution is 7.80. The largest absolute Gasteiger partial charge is 0.436 e. The Bertz CT molecular complexity index is 1610. The molecule has 10 heteroatoms. The molecule has 0 radical (unpaired) electrons. The van der Waals surface area contributed by atoms with Gasteiger partial charge < -0.3 is 9.73 Å². The number of aromatic nitrogens is 1. The third-order valence-electron chi connectivity index (χ3n) is 5.09. The second-order valence-electron chi connectivity index (χ2n) is 7.46. The van der Waals surface area contributed by atoms with Gasteiger partial charge in [-0.25, -0.2) is 4.98 Å². The van der Waals surface area contributed by atoms with Gasteiger partial charge in [0.05, 0.1) is 5.02 Å². The molecule has 170 valence electrons. The van der Waals surface area contributed by atoms with E-state index in [0.29, 0.717) is 42.6 Å². The molecule has 0 spiro atoms. The second-order valence-corrected chi connectivity index (χ2v) is 10.1. The van der Waals surface area contributed by atoms with Gasteiger partial charge in [0.2, 0.25) is 5.89 Å². The summed E-state index contributed by atoms with van der Waals surface area (Å²) in [5.41, 5.74) is 3.65. The number of benzene rings is 3. The summed E-state index contributed by atoms with van der Waals surface area (Å²) in [4.78, 5) is 17.7. The highest BCUT2D eigenvalue weighted by Gasteiger charge is 2.18. The fraction of sp³-hybridized carbons (Fsp3) is 0.0417. The molecule has 0 aliphatic heterocycles. The molecule has 34 heavy (non-hydrogen) atoms. The van der Waals surface area contributed by atoms with Gasteiger partial charge in [0, 0.05) is 31.4 Å². The Morgan fingerprint density at radius 1 is 1.06 bits per heavy atom. The van der Waals surface area contributed by atoms with Crippen molar-refractivity contribution in [2.45, 2.75) is 6.92 Å². The molecule has 0 saturated heterocycles. The second kappa shape index (κ2) is 9.17. The Balaban J connectivity index is 1.33. The summed E-state index contributed by atoms with van der Waals surface area (Å²) in [6.07, 6.45) is 0. The maximum absolute atomic E-state index is 12.8. The van der Waals surface area contributed by atoms with Gasteiger partial charge in [0.25, 0.3) is 5.91 Å². The number of thiophene rings is 1. The van der Waals surface area contributed by atoms with Gasteiger partial charge in [-0.1, -0.05) is 46.9 Å². The van der Waals surface area contributed by atoms with Crippen LogP contribution in [0.3, 0.4) is 0 Å². The van der Waals surface area contributed by atoms with Crippen molar-refractivity contribution in [1.82, 2.24) is 10.3 Å². The number of oxazole rings is 1. The Hall–Kier alpha value is -2.68. The first-order valence-corrected chi connectivity index (χ1v) is 12.3. The summed E-state index contributed by atoms with van der Waals surface area (Å²) >= 11 is 25.2. The molecule has 0 aliphatic carbocycles. The van der Waals surface area contributed by atoms with Crippen molar-refractivity contribution in [3.63, 3.8) is 0 Å². The number of fused-ring (bicyclic) bond motifs is 2. The number of nitrogens with zero attached hydrogens (tertiary/aromatic N) is 1. The quantitative estimate of drug-likeness (QED) is 0.224. The van der Waals surface area contributed by atoms with Gasteiger partial charge in [-0.2, -0.15) is 0 Å². The number of hydrogen-bond acceptors (Lipinski definition) is 5. The van der Waals surface area contributed by atoms with E-state index in [4.69, 9.17) is 51.4 Å². The molecule has 0 saturated carbocycles. The van der Waals surface area contributed by atoms with Crippen LogP contribution in [0.5, 0.6) is 0 Å². The number of thiocarbonyl (C=S) groups is 1. The monoisotopic (exact) mass is 545 g/mol. The molecule has 0 aliphatic rings. The van der Waals surface area contributed by atoms with Crippen molar-refractivity contribution in [3.05, 3.63) is 80.1 Å². The van der Waals surface area contributed by atoms with Crippen LogP contribution < -0.4 is 10.6 Å². The molecular weight excluding hydrogens is 533 g/mol. The molecule has 3 aromatic carbocycles. The predicted molar refractivity (Wildman–Crippen MR) is 145 cm³/mol. The van der Waals surface area contributed by atoms with Crippen LogP contribution in [0.25, 0.3) is 32.6 Å². The van der Waals surface area contributed by atoms with E-state index in [9.17, 15) is 4.79 Å². The zero-order chi connectivity index (χ0) is 24.0. The standard InChI is InChI=1S/C24H14Cl3N3O2S2/c1-11-2-3-12(8-16(11)26)23-29-17-10-14(5-7-18(17)32-23)28-24(33)30-22(31)21-20(27)15-6-4-13(25)9-19(15)34-21/h2-10H,1H3,(H2,28,30,31,33). The van der Waals surface area contributed by atoms with E-state index in [-0.39, 0.29) is 5.11 Å². The first-order chi connectivity index (χ1) is 16.3. The van der Waals surface area contributed by atoms with Crippen LogP contribution in [0, 0.1) is 6.92 Å². The fourth-order valence-electron chi connectivity index (χ4n) is 3.36. The van der Waals surface area contributed by atoms with E-state index < -0.39 is 5.91 Å². The van der Waals surface area contributed by atoms with Crippen LogP contribution in [0.4, 0.5) is 5.69 Å². The van der Waals surface area contributed by atoms with Crippen LogP contribution in [-0.2, 0) is 0 Å². The van der Waals surface area contributed by atoms with Crippen LogP contribution in [0.1, 0.15) is 15.2 Å². The van der Waals surface area contributed by atoms with Gasteiger partial charge in [0.1, 0.15) is 10.4 Å². The predicted octanol–water partition coefficient (Wildman–Crippen LogP) is 8.10. The zero-order valence-electron chi connectivity index (χ0n) is 17.4. The van der Waals surface area contributed by atoms with Crippen molar-refractivity contribution in [2.75, 3.05) is 5.32 Å². The maximum atomic E-state index is 12.8. The SMILES string of the molecule is Cc1ccc(-c2nc3cc(NC(=S)NC(=O)c4sc5cc(Cl)ccc5c4Cl)ccc3o2)cc1Cl. The fourth-order valence-corrected chi connectivity index (χ4v) is 5.44.